The van der Waals surface area contributed by atoms with Gasteiger partial charge in [-0.3, -0.25) is 4.57 Å². The summed E-state index contributed by atoms with van der Waals surface area (Å²) in [6, 6.07) is 0. The van der Waals surface area contributed by atoms with Crippen molar-refractivity contribution in [1.82, 2.24) is 19.5 Å². The van der Waals surface area contributed by atoms with Crippen LogP contribution in [0.1, 0.15) is 38.3 Å². The van der Waals surface area contributed by atoms with Crippen molar-refractivity contribution < 1.29 is 9.84 Å². The Morgan fingerprint density at radius 1 is 1.24 bits per heavy atom. The first-order valence-corrected chi connectivity index (χ1v) is 8.88. The summed E-state index contributed by atoms with van der Waals surface area (Å²) in [4.78, 5) is 13.2. The number of fused-ring (bicyclic) bond motifs is 1. The fourth-order valence-electron chi connectivity index (χ4n) is 3.40. The molecule has 0 radical (unpaired) electrons. The maximum Gasteiger partial charge on any atom is 0.167 e. The Balaban J connectivity index is 1.47. The number of nitrogens with zero attached hydrogens (tertiary/aromatic N) is 4. The molecule has 0 aromatic carbocycles. The summed E-state index contributed by atoms with van der Waals surface area (Å²) >= 11 is 0. The van der Waals surface area contributed by atoms with Crippen molar-refractivity contribution in [3.05, 3.63) is 36.5 Å². The van der Waals surface area contributed by atoms with Crippen molar-refractivity contribution >= 4 is 17.0 Å². The highest BCUT2D eigenvalue weighted by Gasteiger charge is 2.27. The lowest BCUT2D eigenvalue weighted by Crippen LogP contribution is -2.14. The minimum Gasteiger partial charge on any atom is -0.394 e. The van der Waals surface area contributed by atoms with E-state index in [4.69, 9.17) is 4.74 Å². The Morgan fingerprint density at radius 3 is 3.00 bits per heavy atom. The number of aliphatic hydroxyl groups excluding tert-OH is 1. The molecule has 1 fully saturated rings. The summed E-state index contributed by atoms with van der Waals surface area (Å²) in [6.07, 6.45) is 14.7. The second-order valence-electron chi connectivity index (χ2n) is 6.45. The summed E-state index contributed by atoms with van der Waals surface area (Å²) in [5.74, 6) is 0.751. The number of aliphatic hydroxyl groups is 1. The van der Waals surface area contributed by atoms with E-state index in [2.05, 4.69) is 38.5 Å². The van der Waals surface area contributed by atoms with E-state index < -0.39 is 0 Å². The van der Waals surface area contributed by atoms with Crippen LogP contribution in [0.25, 0.3) is 11.2 Å². The summed E-state index contributed by atoms with van der Waals surface area (Å²) in [5.41, 5.74) is 2.88. The van der Waals surface area contributed by atoms with Gasteiger partial charge in [0.2, 0.25) is 0 Å². The highest BCUT2D eigenvalue weighted by atomic mass is 16.5. The molecule has 0 spiro atoms. The van der Waals surface area contributed by atoms with Crippen molar-refractivity contribution in [1.29, 1.82) is 0 Å². The molecule has 2 atom stereocenters. The molecule has 3 heterocycles. The number of ether oxygens (including phenoxy) is 1. The molecule has 0 amide bonds. The SMILES string of the molecule is OCC1CCC(n2cnc3c(NCCC4=CCCC=C4)ncnc32)O1. The van der Waals surface area contributed by atoms with Crippen LogP contribution in [0.3, 0.4) is 0 Å². The highest BCUT2D eigenvalue weighted by Crippen LogP contribution is 2.31. The second-order valence-corrected chi connectivity index (χ2v) is 6.45. The summed E-state index contributed by atoms with van der Waals surface area (Å²) in [5, 5.41) is 12.6. The van der Waals surface area contributed by atoms with E-state index >= 15 is 0 Å². The van der Waals surface area contributed by atoms with Gasteiger partial charge in [-0.25, -0.2) is 15.0 Å². The maximum atomic E-state index is 9.25. The number of aromatic nitrogens is 4. The van der Waals surface area contributed by atoms with Gasteiger partial charge in [0.1, 0.15) is 12.6 Å². The second kappa shape index (κ2) is 7.33. The number of nitrogens with one attached hydrogen (secondary N) is 1. The van der Waals surface area contributed by atoms with Gasteiger partial charge in [-0.2, -0.15) is 0 Å². The molecule has 7 nitrogen and oxygen atoms in total. The van der Waals surface area contributed by atoms with Crippen LogP contribution in [0.15, 0.2) is 36.5 Å². The first-order valence-electron chi connectivity index (χ1n) is 8.88. The number of rotatable bonds is 6. The van der Waals surface area contributed by atoms with Crippen LogP contribution in [0.2, 0.25) is 0 Å². The molecular formula is C18H23N5O2. The summed E-state index contributed by atoms with van der Waals surface area (Å²) < 4.78 is 7.78. The fourth-order valence-corrected chi connectivity index (χ4v) is 3.40. The molecule has 25 heavy (non-hydrogen) atoms. The Labute approximate surface area is 146 Å². The van der Waals surface area contributed by atoms with E-state index in [9.17, 15) is 5.11 Å². The first kappa shape index (κ1) is 16.2. The van der Waals surface area contributed by atoms with Crippen LogP contribution in [0.5, 0.6) is 0 Å². The zero-order chi connectivity index (χ0) is 17.1. The van der Waals surface area contributed by atoms with Gasteiger partial charge in [-0.1, -0.05) is 23.8 Å². The topological polar surface area (TPSA) is 85.1 Å². The van der Waals surface area contributed by atoms with E-state index in [1.165, 1.54) is 5.57 Å². The maximum absolute atomic E-state index is 9.25. The Morgan fingerprint density at radius 2 is 2.20 bits per heavy atom. The number of anilines is 1. The fraction of sp³-hybridized carbons (Fsp3) is 0.500. The molecule has 1 aliphatic carbocycles. The van der Waals surface area contributed by atoms with Crippen molar-refractivity contribution in [3.8, 4) is 0 Å². The minimum absolute atomic E-state index is 0.0508. The quantitative estimate of drug-likeness (QED) is 0.840. The molecule has 7 heteroatoms. The lowest BCUT2D eigenvalue weighted by Gasteiger charge is -2.14. The minimum atomic E-state index is -0.123. The van der Waals surface area contributed by atoms with Gasteiger partial charge >= 0.3 is 0 Å². The largest absolute Gasteiger partial charge is 0.394 e. The molecule has 2 unspecified atom stereocenters. The molecule has 2 N–H and O–H groups in total. The summed E-state index contributed by atoms with van der Waals surface area (Å²) in [7, 11) is 0. The van der Waals surface area contributed by atoms with Crippen molar-refractivity contribution in [2.24, 2.45) is 0 Å². The van der Waals surface area contributed by atoms with E-state index in [1.807, 2.05) is 4.57 Å². The van der Waals surface area contributed by atoms with Crippen molar-refractivity contribution in [2.45, 2.75) is 44.4 Å². The third-order valence-electron chi connectivity index (χ3n) is 4.74. The van der Waals surface area contributed by atoms with Gasteiger partial charge in [0.05, 0.1) is 19.0 Å². The van der Waals surface area contributed by atoms with Gasteiger partial charge in [0, 0.05) is 6.54 Å². The van der Waals surface area contributed by atoms with Gasteiger partial charge in [-0.15, -0.1) is 0 Å². The zero-order valence-electron chi connectivity index (χ0n) is 14.1. The number of allylic oxidation sites excluding steroid dienone is 3. The van der Waals surface area contributed by atoms with E-state index in [0.29, 0.717) is 0 Å². The average molecular weight is 341 g/mol. The third kappa shape index (κ3) is 3.43. The molecule has 2 aliphatic rings. The van der Waals surface area contributed by atoms with Gasteiger partial charge in [0.15, 0.2) is 17.0 Å². The molecule has 2 aromatic heterocycles. The number of hydrogen-bond acceptors (Lipinski definition) is 6. The van der Waals surface area contributed by atoms with Crippen LogP contribution >= 0.6 is 0 Å². The first-order chi connectivity index (χ1) is 12.3. The normalized spacial score (nSPS) is 23.2. The third-order valence-corrected chi connectivity index (χ3v) is 4.74. The molecule has 2 aromatic rings. The number of hydrogen-bond donors (Lipinski definition) is 2. The molecular weight excluding hydrogens is 318 g/mol. The van der Waals surface area contributed by atoms with E-state index in [-0.39, 0.29) is 18.9 Å². The molecule has 132 valence electrons. The molecule has 0 bridgehead atoms. The molecule has 0 saturated carbocycles. The zero-order valence-corrected chi connectivity index (χ0v) is 14.1. The van der Waals surface area contributed by atoms with Gasteiger partial charge in [0.25, 0.3) is 0 Å². The molecule has 1 aliphatic heterocycles. The number of imidazole rings is 1. The lowest BCUT2D eigenvalue weighted by molar-refractivity contribution is -0.0207. The van der Waals surface area contributed by atoms with Crippen LogP contribution in [0.4, 0.5) is 5.82 Å². The van der Waals surface area contributed by atoms with Crippen LogP contribution in [0, 0.1) is 0 Å². The molecule has 1 saturated heterocycles. The highest BCUT2D eigenvalue weighted by molar-refractivity contribution is 5.82. The Hall–Kier alpha value is -2.25. The lowest BCUT2D eigenvalue weighted by atomic mass is 10.0. The van der Waals surface area contributed by atoms with E-state index in [0.717, 1.165) is 55.6 Å². The molecule has 4 rings (SSSR count). The van der Waals surface area contributed by atoms with Crippen LogP contribution < -0.4 is 5.32 Å². The van der Waals surface area contributed by atoms with Crippen LogP contribution in [-0.4, -0.2) is 43.9 Å². The average Bonchev–Trinajstić information content (AvgIpc) is 3.29. The van der Waals surface area contributed by atoms with Crippen molar-refractivity contribution in [3.63, 3.8) is 0 Å². The standard InChI is InChI=1S/C18H23N5O2/c24-10-14-6-7-15(25-14)23-12-22-16-17(20-11-21-18(16)23)19-9-8-13-4-2-1-3-5-13/h2,4-5,11-12,14-15,24H,1,3,6-10H2,(H,19,20,21). The van der Waals surface area contributed by atoms with E-state index in [1.54, 1.807) is 12.7 Å². The predicted octanol–water partition coefficient (Wildman–Crippen LogP) is 2.57. The summed E-state index contributed by atoms with van der Waals surface area (Å²) in [6.45, 7) is 0.858. The van der Waals surface area contributed by atoms with Gasteiger partial charge in [-0.05, 0) is 32.1 Å². The Bertz CT molecular complexity index is 798. The van der Waals surface area contributed by atoms with Crippen LogP contribution in [-0.2, 0) is 4.74 Å². The monoisotopic (exact) mass is 341 g/mol. The Kier molecular flexibility index (Phi) is 4.76. The van der Waals surface area contributed by atoms with Crippen molar-refractivity contribution in [2.75, 3.05) is 18.5 Å². The predicted molar refractivity (Wildman–Crippen MR) is 95.1 cm³/mol. The smallest absolute Gasteiger partial charge is 0.167 e. The van der Waals surface area contributed by atoms with Gasteiger partial charge < -0.3 is 15.2 Å².